The minimum atomic E-state index is -0.632. The lowest BCUT2D eigenvalue weighted by Crippen LogP contribution is -2.28. The van der Waals surface area contributed by atoms with Crippen molar-refractivity contribution >= 4 is 27.7 Å². The number of amides is 1. The lowest BCUT2D eigenvalue weighted by atomic mass is 10.3. The Balaban J connectivity index is 2.15. The van der Waals surface area contributed by atoms with Gasteiger partial charge >= 0.3 is 5.82 Å². The van der Waals surface area contributed by atoms with Gasteiger partial charge in [0, 0.05) is 13.6 Å². The minimum absolute atomic E-state index is 0.00267. The SMILES string of the molecule is CCn1ncc(Br)c1CN(C)C(=O)c1cc([N+](=O)[O-])[nH]n1. The first kappa shape index (κ1) is 15.2. The molecule has 0 aliphatic rings. The quantitative estimate of drug-likeness (QED) is 0.645. The monoisotopic (exact) mass is 356 g/mol. The lowest BCUT2D eigenvalue weighted by Gasteiger charge is -2.16. The number of aromatic nitrogens is 4. The molecule has 0 saturated heterocycles. The standard InChI is InChI=1S/C11H13BrN6O3/c1-3-17-9(7(12)5-13-17)6-16(2)11(19)8-4-10(15-14-8)18(20)21/h4-5H,3,6H2,1-2H3,(H,14,15). The van der Waals surface area contributed by atoms with Gasteiger partial charge in [-0.2, -0.15) is 5.10 Å². The summed E-state index contributed by atoms with van der Waals surface area (Å²) in [5, 5.41) is 20.6. The van der Waals surface area contributed by atoms with E-state index in [2.05, 4.69) is 31.2 Å². The zero-order valence-corrected chi connectivity index (χ0v) is 13.0. The van der Waals surface area contributed by atoms with Crippen molar-refractivity contribution < 1.29 is 9.72 Å². The molecule has 10 heteroatoms. The molecular formula is C11H13BrN6O3. The highest BCUT2D eigenvalue weighted by Crippen LogP contribution is 2.18. The van der Waals surface area contributed by atoms with E-state index in [9.17, 15) is 14.9 Å². The van der Waals surface area contributed by atoms with Crippen LogP contribution in [0.5, 0.6) is 0 Å². The summed E-state index contributed by atoms with van der Waals surface area (Å²) >= 11 is 3.38. The molecule has 0 bridgehead atoms. The molecule has 2 rings (SSSR count). The van der Waals surface area contributed by atoms with E-state index in [1.54, 1.807) is 17.9 Å². The zero-order chi connectivity index (χ0) is 15.6. The highest BCUT2D eigenvalue weighted by molar-refractivity contribution is 9.10. The Hall–Kier alpha value is -2.23. The van der Waals surface area contributed by atoms with Gasteiger partial charge in [0.1, 0.15) is 0 Å². The Kier molecular flexibility index (Phi) is 4.36. The second kappa shape index (κ2) is 6.04. The third-order valence-electron chi connectivity index (χ3n) is 2.91. The Morgan fingerprint density at radius 3 is 2.90 bits per heavy atom. The van der Waals surface area contributed by atoms with Crippen LogP contribution in [0.2, 0.25) is 0 Å². The topological polar surface area (TPSA) is 110 Å². The van der Waals surface area contributed by atoms with Crippen LogP contribution in [0.25, 0.3) is 0 Å². The number of nitro groups is 1. The van der Waals surface area contributed by atoms with Gasteiger partial charge in [0.15, 0.2) is 5.69 Å². The Morgan fingerprint density at radius 2 is 2.33 bits per heavy atom. The third kappa shape index (κ3) is 3.10. The van der Waals surface area contributed by atoms with Gasteiger partial charge in [-0.15, -0.1) is 5.10 Å². The molecule has 1 N–H and O–H groups in total. The number of hydrogen-bond acceptors (Lipinski definition) is 5. The predicted molar refractivity (Wildman–Crippen MR) is 76.6 cm³/mol. The molecule has 0 aliphatic heterocycles. The summed E-state index contributed by atoms with van der Waals surface area (Å²) in [5.41, 5.74) is 0.848. The van der Waals surface area contributed by atoms with Crippen LogP contribution >= 0.6 is 15.9 Å². The fourth-order valence-electron chi connectivity index (χ4n) is 1.82. The minimum Gasteiger partial charge on any atom is -0.358 e. The van der Waals surface area contributed by atoms with Gasteiger partial charge in [0.2, 0.25) is 0 Å². The molecule has 0 fully saturated rings. The van der Waals surface area contributed by atoms with Crippen LogP contribution in [0.3, 0.4) is 0 Å². The van der Waals surface area contributed by atoms with Crippen LogP contribution in [0.1, 0.15) is 23.1 Å². The summed E-state index contributed by atoms with van der Waals surface area (Å²) in [7, 11) is 1.60. The number of aryl methyl sites for hydroxylation is 1. The van der Waals surface area contributed by atoms with Crippen LogP contribution in [0.4, 0.5) is 5.82 Å². The fraction of sp³-hybridized carbons (Fsp3) is 0.364. The fourth-order valence-corrected chi connectivity index (χ4v) is 2.25. The smallest absolute Gasteiger partial charge is 0.343 e. The highest BCUT2D eigenvalue weighted by atomic mass is 79.9. The molecule has 2 heterocycles. The van der Waals surface area contributed by atoms with E-state index in [0.29, 0.717) is 13.1 Å². The van der Waals surface area contributed by atoms with Crippen molar-refractivity contribution in [2.24, 2.45) is 0 Å². The second-order valence-electron chi connectivity index (χ2n) is 4.31. The summed E-state index contributed by atoms with van der Waals surface area (Å²) in [4.78, 5) is 23.6. The van der Waals surface area contributed by atoms with Crippen molar-refractivity contribution in [2.45, 2.75) is 20.0 Å². The molecule has 1 amide bonds. The molecule has 0 spiro atoms. The summed E-state index contributed by atoms with van der Waals surface area (Å²) < 4.78 is 2.57. The van der Waals surface area contributed by atoms with Crippen molar-refractivity contribution in [3.63, 3.8) is 0 Å². The molecule has 0 atom stereocenters. The van der Waals surface area contributed by atoms with E-state index in [4.69, 9.17) is 0 Å². The number of aromatic amines is 1. The van der Waals surface area contributed by atoms with Crippen LogP contribution < -0.4 is 0 Å². The average molecular weight is 357 g/mol. The summed E-state index contributed by atoms with van der Waals surface area (Å²) in [5.74, 6) is -0.721. The van der Waals surface area contributed by atoms with E-state index >= 15 is 0 Å². The number of rotatable bonds is 5. The lowest BCUT2D eigenvalue weighted by molar-refractivity contribution is -0.389. The van der Waals surface area contributed by atoms with Crippen LogP contribution in [0.15, 0.2) is 16.7 Å². The molecule has 0 aromatic carbocycles. The van der Waals surface area contributed by atoms with Crippen molar-refractivity contribution in [1.29, 1.82) is 0 Å². The summed E-state index contributed by atoms with van der Waals surface area (Å²) in [6.45, 7) is 2.94. The van der Waals surface area contributed by atoms with Crippen molar-refractivity contribution in [1.82, 2.24) is 24.9 Å². The number of carbonyl (C=O) groups is 1. The molecule has 9 nitrogen and oxygen atoms in total. The first-order valence-electron chi connectivity index (χ1n) is 6.09. The molecule has 2 aromatic rings. The van der Waals surface area contributed by atoms with Crippen LogP contribution in [-0.2, 0) is 13.1 Å². The highest BCUT2D eigenvalue weighted by Gasteiger charge is 2.21. The van der Waals surface area contributed by atoms with Gasteiger partial charge < -0.3 is 15.0 Å². The average Bonchev–Trinajstić information content (AvgIpc) is 3.06. The van der Waals surface area contributed by atoms with E-state index in [0.717, 1.165) is 16.2 Å². The van der Waals surface area contributed by atoms with Crippen LogP contribution in [-0.4, -0.2) is 42.8 Å². The Morgan fingerprint density at radius 1 is 1.62 bits per heavy atom. The zero-order valence-electron chi connectivity index (χ0n) is 11.4. The molecule has 0 saturated carbocycles. The van der Waals surface area contributed by atoms with Crippen LogP contribution in [0, 0.1) is 10.1 Å². The van der Waals surface area contributed by atoms with Crippen molar-refractivity contribution in [3.8, 4) is 0 Å². The molecular weight excluding hydrogens is 344 g/mol. The Labute approximate surface area is 128 Å². The normalized spacial score (nSPS) is 10.6. The number of nitrogens with one attached hydrogen (secondary N) is 1. The molecule has 0 radical (unpaired) electrons. The number of halogens is 1. The molecule has 0 aliphatic carbocycles. The first-order chi connectivity index (χ1) is 9.93. The first-order valence-corrected chi connectivity index (χ1v) is 6.88. The molecule has 0 unspecified atom stereocenters. The van der Waals surface area contributed by atoms with Gasteiger partial charge in [-0.25, -0.2) is 0 Å². The second-order valence-corrected chi connectivity index (χ2v) is 5.17. The largest absolute Gasteiger partial charge is 0.358 e. The third-order valence-corrected chi connectivity index (χ3v) is 3.57. The van der Waals surface area contributed by atoms with Gasteiger partial charge in [0.05, 0.1) is 29.0 Å². The van der Waals surface area contributed by atoms with E-state index in [1.165, 1.54) is 4.90 Å². The van der Waals surface area contributed by atoms with E-state index < -0.39 is 10.8 Å². The molecule has 21 heavy (non-hydrogen) atoms. The summed E-state index contributed by atoms with van der Waals surface area (Å²) in [6.07, 6.45) is 1.66. The number of nitrogens with zero attached hydrogens (tertiary/aromatic N) is 5. The Bertz CT molecular complexity index is 679. The summed E-state index contributed by atoms with van der Waals surface area (Å²) in [6, 6.07) is 1.12. The van der Waals surface area contributed by atoms with E-state index in [-0.39, 0.29) is 11.5 Å². The van der Waals surface area contributed by atoms with Gasteiger partial charge in [-0.05, 0) is 27.8 Å². The number of carbonyl (C=O) groups excluding carboxylic acids is 1. The molecule has 112 valence electrons. The maximum atomic E-state index is 12.2. The molecule has 2 aromatic heterocycles. The van der Waals surface area contributed by atoms with Gasteiger partial charge in [0.25, 0.3) is 5.91 Å². The number of H-pyrrole nitrogens is 1. The number of hydrogen-bond donors (Lipinski definition) is 1. The van der Waals surface area contributed by atoms with E-state index in [1.807, 2.05) is 6.92 Å². The van der Waals surface area contributed by atoms with Gasteiger partial charge in [-0.1, -0.05) is 5.10 Å². The maximum absolute atomic E-state index is 12.2. The van der Waals surface area contributed by atoms with Crippen molar-refractivity contribution in [3.05, 3.63) is 38.2 Å². The predicted octanol–water partition coefficient (Wildman–Crippen LogP) is 1.57. The van der Waals surface area contributed by atoms with Crippen molar-refractivity contribution in [2.75, 3.05) is 7.05 Å². The maximum Gasteiger partial charge on any atom is 0.343 e. The van der Waals surface area contributed by atoms with Gasteiger partial charge in [-0.3, -0.25) is 9.48 Å².